The molecule has 2 aromatic carbocycles. The zero-order valence-electron chi connectivity index (χ0n) is 14.6. The fraction of sp³-hybridized carbons (Fsp3) is 0.167. The van der Waals surface area contributed by atoms with Gasteiger partial charge in [0.2, 0.25) is 11.0 Å². The molecule has 1 heterocycles. The third-order valence-electron chi connectivity index (χ3n) is 3.47. The van der Waals surface area contributed by atoms with Gasteiger partial charge in [-0.3, -0.25) is 4.79 Å². The maximum atomic E-state index is 13.2. The van der Waals surface area contributed by atoms with Gasteiger partial charge in [-0.15, -0.1) is 10.2 Å². The van der Waals surface area contributed by atoms with Crippen LogP contribution in [0, 0.1) is 5.82 Å². The van der Waals surface area contributed by atoms with Crippen LogP contribution >= 0.6 is 23.1 Å². The van der Waals surface area contributed by atoms with E-state index in [0.29, 0.717) is 26.6 Å². The van der Waals surface area contributed by atoms with Gasteiger partial charge in [0, 0.05) is 17.4 Å². The predicted molar refractivity (Wildman–Crippen MR) is 107 cm³/mol. The second kappa shape index (κ2) is 8.83. The van der Waals surface area contributed by atoms with Crippen LogP contribution in [0.4, 0.5) is 20.9 Å². The maximum Gasteiger partial charge on any atom is 0.237 e. The van der Waals surface area contributed by atoms with Gasteiger partial charge in [0.25, 0.3) is 0 Å². The van der Waals surface area contributed by atoms with Crippen LogP contribution in [0.5, 0.6) is 5.75 Å². The van der Waals surface area contributed by atoms with Gasteiger partial charge >= 0.3 is 0 Å². The summed E-state index contributed by atoms with van der Waals surface area (Å²) in [6.45, 7) is 1.79. The number of benzene rings is 2. The molecule has 27 heavy (non-hydrogen) atoms. The first kappa shape index (κ1) is 19.1. The van der Waals surface area contributed by atoms with Gasteiger partial charge in [-0.2, -0.15) is 0 Å². The first-order valence-corrected chi connectivity index (χ1v) is 9.71. The number of nitrogens with one attached hydrogen (secondary N) is 2. The Bertz CT molecular complexity index is 935. The summed E-state index contributed by atoms with van der Waals surface area (Å²) in [7, 11) is 1.57. The highest BCUT2D eigenvalue weighted by molar-refractivity contribution is 8.02. The molecule has 140 valence electrons. The van der Waals surface area contributed by atoms with Crippen LogP contribution in [-0.2, 0) is 4.79 Å². The molecule has 1 aromatic heterocycles. The summed E-state index contributed by atoms with van der Waals surface area (Å²) < 4.78 is 19.0. The minimum Gasteiger partial charge on any atom is -0.497 e. The molecule has 2 N–H and O–H groups in total. The Morgan fingerprint density at radius 3 is 2.74 bits per heavy atom. The lowest BCUT2D eigenvalue weighted by atomic mass is 10.3. The highest BCUT2D eigenvalue weighted by Gasteiger charge is 2.17. The zero-order valence-corrected chi connectivity index (χ0v) is 16.2. The molecule has 0 aliphatic rings. The van der Waals surface area contributed by atoms with Gasteiger partial charge in [-0.1, -0.05) is 35.2 Å². The lowest BCUT2D eigenvalue weighted by Crippen LogP contribution is -2.22. The lowest BCUT2D eigenvalue weighted by molar-refractivity contribution is -0.115. The second-order valence-corrected chi connectivity index (χ2v) is 8.06. The number of carbonyl (C=O) groups excluding carboxylic acids is 1. The molecular formula is C18H17FN4O2S2. The van der Waals surface area contributed by atoms with E-state index in [4.69, 9.17) is 4.74 Å². The van der Waals surface area contributed by atoms with Crippen molar-refractivity contribution in [2.24, 2.45) is 0 Å². The highest BCUT2D eigenvalue weighted by atomic mass is 32.2. The van der Waals surface area contributed by atoms with Crippen LogP contribution in [0.25, 0.3) is 0 Å². The normalized spacial score (nSPS) is 11.7. The van der Waals surface area contributed by atoms with Gasteiger partial charge in [0.15, 0.2) is 4.34 Å². The minimum atomic E-state index is -0.369. The molecule has 9 heteroatoms. The quantitative estimate of drug-likeness (QED) is 0.563. The van der Waals surface area contributed by atoms with Gasteiger partial charge in [0.05, 0.1) is 12.4 Å². The van der Waals surface area contributed by atoms with Gasteiger partial charge in [-0.25, -0.2) is 4.39 Å². The predicted octanol–water partition coefficient (Wildman–Crippen LogP) is 4.55. The summed E-state index contributed by atoms with van der Waals surface area (Å²) in [5.41, 5.74) is 1.25. The van der Waals surface area contributed by atoms with Crippen LogP contribution in [0.1, 0.15) is 6.92 Å². The van der Waals surface area contributed by atoms with Crippen molar-refractivity contribution in [2.75, 3.05) is 17.7 Å². The summed E-state index contributed by atoms with van der Waals surface area (Å²) in [6.07, 6.45) is 0. The molecule has 0 radical (unpaired) electrons. The summed E-state index contributed by atoms with van der Waals surface area (Å²) in [4.78, 5) is 12.4. The van der Waals surface area contributed by atoms with E-state index in [1.54, 1.807) is 44.4 Å². The van der Waals surface area contributed by atoms with Crippen molar-refractivity contribution in [3.8, 4) is 5.75 Å². The maximum absolute atomic E-state index is 13.2. The van der Waals surface area contributed by atoms with Gasteiger partial charge in [-0.05, 0) is 37.3 Å². The van der Waals surface area contributed by atoms with Gasteiger partial charge in [0.1, 0.15) is 11.6 Å². The van der Waals surface area contributed by atoms with Crippen molar-refractivity contribution in [1.82, 2.24) is 10.2 Å². The lowest BCUT2D eigenvalue weighted by Gasteiger charge is -2.11. The summed E-state index contributed by atoms with van der Waals surface area (Å²) in [5, 5.41) is 14.1. The Morgan fingerprint density at radius 2 is 1.96 bits per heavy atom. The average Bonchev–Trinajstić information content (AvgIpc) is 3.08. The standard InChI is InChI=1S/C18H17FN4O2S2/c1-11(16(24)20-14-7-4-8-15(10-14)25-2)26-18-23-22-17(27-18)21-13-6-3-5-12(19)9-13/h3-11H,1-2H3,(H,20,24)(H,21,22)/t11-/m1/s1. The number of anilines is 3. The molecule has 0 saturated carbocycles. The number of carbonyl (C=O) groups is 1. The van der Waals surface area contributed by atoms with Crippen molar-refractivity contribution >= 4 is 45.5 Å². The zero-order chi connectivity index (χ0) is 19.2. The largest absolute Gasteiger partial charge is 0.497 e. The van der Waals surface area contributed by atoms with E-state index in [-0.39, 0.29) is 17.0 Å². The number of rotatable bonds is 7. The van der Waals surface area contributed by atoms with E-state index in [1.807, 2.05) is 6.07 Å². The number of nitrogens with zero attached hydrogens (tertiary/aromatic N) is 2. The Hall–Kier alpha value is -2.65. The first-order chi connectivity index (χ1) is 13.0. The molecule has 0 fully saturated rings. The molecule has 3 aromatic rings. The van der Waals surface area contributed by atoms with Crippen LogP contribution in [0.3, 0.4) is 0 Å². The van der Waals surface area contributed by atoms with Crippen molar-refractivity contribution in [3.05, 3.63) is 54.3 Å². The molecule has 0 bridgehead atoms. The summed E-state index contributed by atoms with van der Waals surface area (Å²) in [5.74, 6) is 0.190. The van der Waals surface area contributed by atoms with Crippen LogP contribution in [-0.4, -0.2) is 28.5 Å². The van der Waals surface area contributed by atoms with E-state index in [2.05, 4.69) is 20.8 Å². The Balaban J connectivity index is 1.58. The molecule has 1 amide bonds. The second-order valence-electron chi connectivity index (χ2n) is 5.49. The fourth-order valence-corrected chi connectivity index (χ4v) is 4.06. The van der Waals surface area contributed by atoms with Crippen LogP contribution < -0.4 is 15.4 Å². The minimum absolute atomic E-state index is 0.150. The summed E-state index contributed by atoms with van der Waals surface area (Å²) in [6, 6.07) is 13.3. The molecule has 1 atom stereocenters. The molecule has 0 aliphatic carbocycles. The third kappa shape index (κ3) is 5.41. The number of hydrogen-bond donors (Lipinski definition) is 2. The molecule has 0 spiro atoms. The van der Waals surface area contributed by atoms with E-state index in [1.165, 1.54) is 35.2 Å². The molecule has 6 nitrogen and oxygen atoms in total. The Kier molecular flexibility index (Phi) is 6.25. The number of methoxy groups -OCH3 is 1. The Morgan fingerprint density at radius 1 is 1.19 bits per heavy atom. The van der Waals surface area contributed by atoms with E-state index < -0.39 is 0 Å². The number of thioether (sulfide) groups is 1. The number of hydrogen-bond acceptors (Lipinski definition) is 7. The molecule has 0 aliphatic heterocycles. The molecular weight excluding hydrogens is 387 g/mol. The van der Waals surface area contributed by atoms with Gasteiger partial charge < -0.3 is 15.4 Å². The first-order valence-electron chi connectivity index (χ1n) is 8.01. The van der Waals surface area contributed by atoms with E-state index in [9.17, 15) is 9.18 Å². The smallest absolute Gasteiger partial charge is 0.237 e. The van der Waals surface area contributed by atoms with Crippen molar-refractivity contribution < 1.29 is 13.9 Å². The molecule has 0 unspecified atom stereocenters. The highest BCUT2D eigenvalue weighted by Crippen LogP contribution is 2.31. The van der Waals surface area contributed by atoms with E-state index in [0.717, 1.165) is 0 Å². The van der Waals surface area contributed by atoms with Crippen molar-refractivity contribution in [2.45, 2.75) is 16.5 Å². The van der Waals surface area contributed by atoms with Crippen LogP contribution in [0.2, 0.25) is 0 Å². The van der Waals surface area contributed by atoms with Crippen molar-refractivity contribution in [1.29, 1.82) is 0 Å². The van der Waals surface area contributed by atoms with E-state index >= 15 is 0 Å². The fourth-order valence-electron chi connectivity index (χ4n) is 2.15. The Labute approximate surface area is 164 Å². The molecule has 3 rings (SSSR count). The number of halogens is 1. The SMILES string of the molecule is COc1cccc(NC(=O)[C@@H](C)Sc2nnc(Nc3cccc(F)c3)s2)c1. The monoisotopic (exact) mass is 404 g/mol. The number of aromatic nitrogens is 2. The topological polar surface area (TPSA) is 76.1 Å². The van der Waals surface area contributed by atoms with Crippen molar-refractivity contribution in [3.63, 3.8) is 0 Å². The third-order valence-corrected chi connectivity index (χ3v) is 5.49. The average molecular weight is 404 g/mol. The summed E-state index contributed by atoms with van der Waals surface area (Å²) >= 11 is 2.60. The van der Waals surface area contributed by atoms with Crippen LogP contribution in [0.15, 0.2) is 52.9 Å². The number of amides is 1. The molecule has 0 saturated heterocycles. The number of ether oxygens (including phenoxy) is 1.